The first-order valence-corrected chi connectivity index (χ1v) is 16.7. The third-order valence-corrected chi connectivity index (χ3v) is 9.44. The first kappa shape index (κ1) is 28.2. The van der Waals surface area contributed by atoms with Gasteiger partial charge in [-0.2, -0.15) is 0 Å². The lowest BCUT2D eigenvalue weighted by Crippen LogP contribution is -2.01. The Morgan fingerprint density at radius 2 is 0.860 bits per heavy atom. The molecule has 7 aromatic carbocycles. The highest BCUT2D eigenvalue weighted by atomic mass is 16.3. The van der Waals surface area contributed by atoms with Gasteiger partial charge in [-0.3, -0.25) is 0 Å². The van der Waals surface area contributed by atoms with Crippen LogP contribution < -0.4 is 0 Å². The summed E-state index contributed by atoms with van der Waals surface area (Å²) in [5, 5.41) is 4.68. The van der Waals surface area contributed by atoms with E-state index in [9.17, 15) is 0 Å². The van der Waals surface area contributed by atoms with Gasteiger partial charge >= 0.3 is 0 Å². The van der Waals surface area contributed by atoms with Crippen molar-refractivity contribution in [1.29, 1.82) is 0 Å². The number of aromatic nitrogens is 4. The molecule has 0 N–H and O–H groups in total. The number of hydrogen-bond donors (Lipinski definition) is 0. The van der Waals surface area contributed by atoms with E-state index in [-0.39, 0.29) is 0 Å². The second kappa shape index (κ2) is 11.4. The molecule has 10 aromatic rings. The molecule has 50 heavy (non-hydrogen) atoms. The average molecular weight is 641 g/mol. The topological polar surface area (TPSA) is 56.7 Å². The minimum Gasteiger partial charge on any atom is -0.456 e. The average Bonchev–Trinajstić information content (AvgIpc) is 3.74. The predicted molar refractivity (Wildman–Crippen MR) is 203 cm³/mol. The highest BCUT2D eigenvalue weighted by Crippen LogP contribution is 2.35. The number of rotatable bonds is 5. The zero-order chi connectivity index (χ0) is 33.0. The van der Waals surface area contributed by atoms with Crippen LogP contribution in [0, 0.1) is 0 Å². The molecule has 0 unspecified atom stereocenters. The molecule has 5 heteroatoms. The van der Waals surface area contributed by atoms with Gasteiger partial charge in [-0.1, -0.05) is 121 Å². The second-order valence-corrected chi connectivity index (χ2v) is 12.5. The molecule has 0 saturated carbocycles. The van der Waals surface area contributed by atoms with Crippen LogP contribution in [0.15, 0.2) is 174 Å². The van der Waals surface area contributed by atoms with Crippen molar-refractivity contribution in [3.8, 4) is 51.0 Å². The van der Waals surface area contributed by atoms with Crippen molar-refractivity contribution in [3.63, 3.8) is 0 Å². The number of hydrogen-bond acceptors (Lipinski definition) is 4. The van der Waals surface area contributed by atoms with Crippen LogP contribution in [0.4, 0.5) is 0 Å². The SMILES string of the molecule is c1ccc(-c2nc(-c3cccc(-c4ccc5c(c4)oc4ccccc45)c3)nc(-c3cccc(-n4c5ccccc5c5ccccc54)c3)n2)cc1. The highest BCUT2D eigenvalue weighted by Gasteiger charge is 2.16. The van der Waals surface area contributed by atoms with Crippen LogP contribution in [0.2, 0.25) is 0 Å². The van der Waals surface area contributed by atoms with Crippen molar-refractivity contribution < 1.29 is 4.42 Å². The summed E-state index contributed by atoms with van der Waals surface area (Å²) in [6, 6.07) is 58.6. The number of para-hydroxylation sites is 3. The van der Waals surface area contributed by atoms with Crippen LogP contribution in [0.5, 0.6) is 0 Å². The molecule has 234 valence electrons. The Morgan fingerprint density at radius 3 is 1.60 bits per heavy atom. The van der Waals surface area contributed by atoms with E-state index < -0.39 is 0 Å². The lowest BCUT2D eigenvalue weighted by Gasteiger charge is -2.12. The Labute approximate surface area is 287 Å². The maximum atomic E-state index is 6.21. The van der Waals surface area contributed by atoms with Crippen molar-refractivity contribution in [3.05, 3.63) is 170 Å². The van der Waals surface area contributed by atoms with E-state index in [0.717, 1.165) is 66.5 Å². The molecule has 0 amide bonds. The minimum absolute atomic E-state index is 0.614. The summed E-state index contributed by atoms with van der Waals surface area (Å²) in [5.41, 5.74) is 10.00. The molecule has 10 rings (SSSR count). The molecule has 0 aliphatic rings. The van der Waals surface area contributed by atoms with Gasteiger partial charge in [0.25, 0.3) is 0 Å². The van der Waals surface area contributed by atoms with E-state index in [1.54, 1.807) is 0 Å². The molecule has 0 aliphatic heterocycles. The predicted octanol–water partition coefficient (Wildman–Crippen LogP) is 11.5. The van der Waals surface area contributed by atoms with Gasteiger partial charge in [0.15, 0.2) is 17.5 Å². The summed E-state index contributed by atoms with van der Waals surface area (Å²) in [4.78, 5) is 15.2. The van der Waals surface area contributed by atoms with Crippen LogP contribution in [0.25, 0.3) is 94.7 Å². The van der Waals surface area contributed by atoms with Crippen molar-refractivity contribution in [1.82, 2.24) is 19.5 Å². The van der Waals surface area contributed by atoms with Crippen LogP contribution in [-0.2, 0) is 0 Å². The third-order valence-electron chi connectivity index (χ3n) is 9.44. The number of nitrogens with zero attached hydrogens (tertiary/aromatic N) is 4. The molecular weight excluding hydrogens is 613 g/mol. The molecule has 0 aliphatic carbocycles. The molecule has 5 nitrogen and oxygen atoms in total. The fourth-order valence-electron chi connectivity index (χ4n) is 7.08. The summed E-state index contributed by atoms with van der Waals surface area (Å²) in [6.07, 6.45) is 0. The number of fused-ring (bicyclic) bond motifs is 6. The first-order chi connectivity index (χ1) is 24.8. The van der Waals surface area contributed by atoms with Crippen LogP contribution in [0.3, 0.4) is 0 Å². The zero-order valence-corrected chi connectivity index (χ0v) is 26.9. The fraction of sp³-hybridized carbons (Fsp3) is 0. The molecule has 0 atom stereocenters. The van der Waals surface area contributed by atoms with Crippen LogP contribution >= 0.6 is 0 Å². The van der Waals surface area contributed by atoms with Crippen molar-refractivity contribution in [2.45, 2.75) is 0 Å². The van der Waals surface area contributed by atoms with Crippen LogP contribution in [-0.4, -0.2) is 19.5 Å². The maximum absolute atomic E-state index is 6.21. The van der Waals surface area contributed by atoms with Gasteiger partial charge in [-0.25, -0.2) is 15.0 Å². The van der Waals surface area contributed by atoms with E-state index in [0.29, 0.717) is 17.5 Å². The quantitative estimate of drug-likeness (QED) is 0.188. The minimum atomic E-state index is 0.614. The summed E-state index contributed by atoms with van der Waals surface area (Å²) >= 11 is 0. The van der Waals surface area contributed by atoms with Gasteiger partial charge in [0.05, 0.1) is 11.0 Å². The lowest BCUT2D eigenvalue weighted by atomic mass is 10.0. The van der Waals surface area contributed by atoms with Crippen LogP contribution in [0.1, 0.15) is 0 Å². The molecule has 0 bridgehead atoms. The van der Waals surface area contributed by atoms with Crippen molar-refractivity contribution >= 4 is 43.7 Å². The van der Waals surface area contributed by atoms with Crippen molar-refractivity contribution in [2.24, 2.45) is 0 Å². The summed E-state index contributed by atoms with van der Waals surface area (Å²) < 4.78 is 8.52. The monoisotopic (exact) mass is 640 g/mol. The maximum Gasteiger partial charge on any atom is 0.164 e. The van der Waals surface area contributed by atoms with Gasteiger partial charge in [0, 0.05) is 43.9 Å². The molecule has 3 heterocycles. The Bertz CT molecular complexity index is 2830. The Balaban J connectivity index is 1.11. The molecule has 0 saturated heterocycles. The van der Waals surface area contributed by atoms with E-state index in [1.807, 2.05) is 48.5 Å². The highest BCUT2D eigenvalue weighted by molar-refractivity contribution is 6.09. The van der Waals surface area contributed by atoms with Gasteiger partial charge in [0.1, 0.15) is 11.2 Å². The van der Waals surface area contributed by atoms with E-state index >= 15 is 0 Å². The van der Waals surface area contributed by atoms with Gasteiger partial charge in [-0.15, -0.1) is 0 Å². The Kier molecular flexibility index (Phi) is 6.42. The molecular formula is C45H28N4O. The van der Waals surface area contributed by atoms with E-state index in [4.69, 9.17) is 19.4 Å². The largest absolute Gasteiger partial charge is 0.456 e. The first-order valence-electron chi connectivity index (χ1n) is 16.7. The van der Waals surface area contributed by atoms with Gasteiger partial charge < -0.3 is 8.98 Å². The summed E-state index contributed by atoms with van der Waals surface area (Å²) in [5.74, 6) is 1.86. The molecule has 3 aromatic heterocycles. The number of benzene rings is 7. The summed E-state index contributed by atoms with van der Waals surface area (Å²) in [7, 11) is 0. The lowest BCUT2D eigenvalue weighted by molar-refractivity contribution is 0.669. The normalized spacial score (nSPS) is 11.6. The van der Waals surface area contributed by atoms with Gasteiger partial charge in [0.2, 0.25) is 0 Å². The molecule has 0 radical (unpaired) electrons. The van der Waals surface area contributed by atoms with Gasteiger partial charge in [-0.05, 0) is 59.7 Å². The standard InChI is InChI=1S/C45H28N4O/c1-2-12-29(13-3-1)43-46-44(32-15-10-14-30(26-32)31-24-25-38-37-20-6-9-23-41(37)50-42(38)28-31)48-45(47-43)33-16-11-17-34(27-33)49-39-21-7-4-18-35(39)36-19-5-8-22-40(36)49/h1-28H. The molecule has 0 spiro atoms. The summed E-state index contributed by atoms with van der Waals surface area (Å²) in [6.45, 7) is 0. The third kappa shape index (κ3) is 4.67. The number of furan rings is 1. The second-order valence-electron chi connectivity index (χ2n) is 12.5. The fourth-order valence-corrected chi connectivity index (χ4v) is 7.08. The van der Waals surface area contributed by atoms with Crippen molar-refractivity contribution in [2.75, 3.05) is 0 Å². The Morgan fingerprint density at radius 1 is 0.340 bits per heavy atom. The molecule has 0 fully saturated rings. The van der Waals surface area contributed by atoms with E-state index in [2.05, 4.69) is 126 Å². The Hall–Kier alpha value is -6.85. The van der Waals surface area contributed by atoms with E-state index in [1.165, 1.54) is 10.8 Å². The zero-order valence-electron chi connectivity index (χ0n) is 26.9. The smallest absolute Gasteiger partial charge is 0.164 e.